The van der Waals surface area contributed by atoms with Crippen LogP contribution < -0.4 is 5.32 Å². The van der Waals surface area contributed by atoms with Crippen molar-refractivity contribution in [2.45, 2.75) is 26.9 Å². The van der Waals surface area contributed by atoms with Gasteiger partial charge < -0.3 is 9.88 Å². The van der Waals surface area contributed by atoms with Crippen molar-refractivity contribution in [3.05, 3.63) is 57.8 Å². The van der Waals surface area contributed by atoms with Gasteiger partial charge in [-0.15, -0.1) is 0 Å². The summed E-state index contributed by atoms with van der Waals surface area (Å²) in [5.41, 5.74) is 2.36. The molecule has 0 saturated heterocycles. The van der Waals surface area contributed by atoms with Gasteiger partial charge in [0.1, 0.15) is 0 Å². The number of rotatable bonds is 6. The quantitative estimate of drug-likeness (QED) is 0.825. The zero-order chi connectivity index (χ0) is 14.5. The monoisotopic (exact) mass is 310 g/mol. The van der Waals surface area contributed by atoms with E-state index in [9.17, 15) is 0 Å². The standard InChI is InChI=1S/C16H20Cl2N2/c1-12(2)8-19-9-13-5-6-20(10-13)11-14-3-4-15(17)7-16(14)18/h3-7,10,12,19H,8-9,11H2,1-2H3. The SMILES string of the molecule is CC(C)CNCc1ccn(Cc2ccc(Cl)cc2Cl)c1. The molecule has 1 N–H and O–H groups in total. The lowest BCUT2D eigenvalue weighted by Gasteiger charge is -2.07. The van der Waals surface area contributed by atoms with E-state index < -0.39 is 0 Å². The summed E-state index contributed by atoms with van der Waals surface area (Å²) >= 11 is 12.1. The van der Waals surface area contributed by atoms with E-state index in [-0.39, 0.29) is 0 Å². The zero-order valence-corrected chi connectivity index (χ0v) is 13.4. The van der Waals surface area contributed by atoms with Crippen LogP contribution >= 0.6 is 23.2 Å². The Morgan fingerprint density at radius 2 is 2.00 bits per heavy atom. The van der Waals surface area contributed by atoms with Crippen LogP contribution in [0.5, 0.6) is 0 Å². The lowest BCUT2D eigenvalue weighted by atomic mass is 10.2. The molecule has 0 saturated carbocycles. The van der Waals surface area contributed by atoms with E-state index in [1.165, 1.54) is 5.56 Å². The van der Waals surface area contributed by atoms with Crippen LogP contribution in [0, 0.1) is 5.92 Å². The molecule has 2 nitrogen and oxygen atoms in total. The summed E-state index contributed by atoms with van der Waals surface area (Å²) in [5, 5.41) is 4.83. The molecule has 1 heterocycles. The van der Waals surface area contributed by atoms with Crippen LogP contribution in [0.15, 0.2) is 36.7 Å². The lowest BCUT2D eigenvalue weighted by Crippen LogP contribution is -2.18. The minimum absolute atomic E-state index is 0.671. The second kappa shape index (κ2) is 7.16. The molecule has 108 valence electrons. The van der Waals surface area contributed by atoms with Crippen molar-refractivity contribution in [2.75, 3.05) is 6.54 Å². The van der Waals surface area contributed by atoms with Crippen molar-refractivity contribution in [1.82, 2.24) is 9.88 Å². The van der Waals surface area contributed by atoms with Crippen molar-refractivity contribution in [3.8, 4) is 0 Å². The van der Waals surface area contributed by atoms with E-state index in [4.69, 9.17) is 23.2 Å². The van der Waals surface area contributed by atoms with Crippen molar-refractivity contribution in [1.29, 1.82) is 0 Å². The molecular weight excluding hydrogens is 291 g/mol. The third-order valence-corrected chi connectivity index (χ3v) is 3.65. The van der Waals surface area contributed by atoms with Gasteiger partial charge in [-0.3, -0.25) is 0 Å². The summed E-state index contributed by atoms with van der Waals surface area (Å²) < 4.78 is 2.14. The number of hydrogen-bond donors (Lipinski definition) is 1. The Hall–Kier alpha value is -0.960. The fourth-order valence-electron chi connectivity index (χ4n) is 2.05. The molecule has 0 atom stereocenters. The number of hydrogen-bond acceptors (Lipinski definition) is 1. The highest BCUT2D eigenvalue weighted by Crippen LogP contribution is 2.22. The average molecular weight is 311 g/mol. The van der Waals surface area contributed by atoms with Gasteiger partial charge in [-0.05, 0) is 41.8 Å². The van der Waals surface area contributed by atoms with Gasteiger partial charge in [-0.2, -0.15) is 0 Å². The molecule has 2 rings (SSSR count). The van der Waals surface area contributed by atoms with Crippen LogP contribution in [0.25, 0.3) is 0 Å². The molecule has 4 heteroatoms. The van der Waals surface area contributed by atoms with Crippen LogP contribution in [-0.2, 0) is 13.1 Å². The van der Waals surface area contributed by atoms with Crippen molar-refractivity contribution < 1.29 is 0 Å². The largest absolute Gasteiger partial charge is 0.350 e. The first kappa shape index (κ1) is 15.4. The number of nitrogens with one attached hydrogen (secondary N) is 1. The highest BCUT2D eigenvalue weighted by atomic mass is 35.5. The first-order chi connectivity index (χ1) is 9.54. The van der Waals surface area contributed by atoms with Crippen LogP contribution in [0.3, 0.4) is 0 Å². The van der Waals surface area contributed by atoms with Gasteiger partial charge in [-0.25, -0.2) is 0 Å². The molecule has 0 unspecified atom stereocenters. The van der Waals surface area contributed by atoms with Gasteiger partial charge >= 0.3 is 0 Å². The van der Waals surface area contributed by atoms with E-state index in [0.717, 1.165) is 25.2 Å². The first-order valence-electron chi connectivity index (χ1n) is 6.84. The Morgan fingerprint density at radius 1 is 1.20 bits per heavy atom. The van der Waals surface area contributed by atoms with Gasteiger partial charge in [-0.1, -0.05) is 43.1 Å². The van der Waals surface area contributed by atoms with Gasteiger partial charge in [0.05, 0.1) is 0 Å². The van der Waals surface area contributed by atoms with Crippen molar-refractivity contribution in [3.63, 3.8) is 0 Å². The average Bonchev–Trinajstić information content (AvgIpc) is 2.80. The maximum Gasteiger partial charge on any atom is 0.0485 e. The van der Waals surface area contributed by atoms with E-state index in [1.807, 2.05) is 12.1 Å². The Labute approximate surface area is 130 Å². The van der Waals surface area contributed by atoms with Crippen LogP contribution in [-0.4, -0.2) is 11.1 Å². The van der Waals surface area contributed by atoms with Crippen LogP contribution in [0.4, 0.5) is 0 Å². The molecule has 0 aliphatic carbocycles. The molecule has 2 aromatic rings. The molecule has 0 aliphatic rings. The fourth-order valence-corrected chi connectivity index (χ4v) is 2.51. The minimum atomic E-state index is 0.671. The van der Waals surface area contributed by atoms with Crippen molar-refractivity contribution >= 4 is 23.2 Å². The Bertz CT molecular complexity index is 561. The van der Waals surface area contributed by atoms with Crippen molar-refractivity contribution in [2.24, 2.45) is 5.92 Å². The fraction of sp³-hybridized carbons (Fsp3) is 0.375. The summed E-state index contributed by atoms with van der Waals surface area (Å²) in [4.78, 5) is 0. The molecule has 0 fully saturated rings. The second-order valence-electron chi connectivity index (χ2n) is 5.45. The zero-order valence-electron chi connectivity index (χ0n) is 11.9. The lowest BCUT2D eigenvalue weighted by molar-refractivity contribution is 0.552. The third-order valence-electron chi connectivity index (χ3n) is 3.06. The third kappa shape index (κ3) is 4.55. The topological polar surface area (TPSA) is 17.0 Å². The summed E-state index contributed by atoms with van der Waals surface area (Å²) in [6, 6.07) is 7.77. The number of benzene rings is 1. The summed E-state index contributed by atoms with van der Waals surface area (Å²) in [6.07, 6.45) is 4.23. The van der Waals surface area contributed by atoms with E-state index in [1.54, 1.807) is 6.07 Å². The molecular formula is C16H20Cl2N2. The number of aromatic nitrogens is 1. The predicted molar refractivity (Wildman–Crippen MR) is 86.5 cm³/mol. The van der Waals surface area contributed by atoms with Gasteiger partial charge in [0.15, 0.2) is 0 Å². The Kier molecular flexibility index (Phi) is 5.53. The van der Waals surface area contributed by atoms with Crippen LogP contribution in [0.2, 0.25) is 10.0 Å². The van der Waals surface area contributed by atoms with Gasteiger partial charge in [0.2, 0.25) is 0 Å². The summed E-state index contributed by atoms with van der Waals surface area (Å²) in [7, 11) is 0. The first-order valence-corrected chi connectivity index (χ1v) is 7.59. The predicted octanol–water partition coefficient (Wildman–Crippen LogP) is 4.59. The minimum Gasteiger partial charge on any atom is -0.350 e. The number of halogens is 2. The molecule has 20 heavy (non-hydrogen) atoms. The Morgan fingerprint density at radius 3 is 2.70 bits per heavy atom. The molecule has 0 spiro atoms. The van der Waals surface area contributed by atoms with Gasteiger partial charge in [0.25, 0.3) is 0 Å². The Balaban J connectivity index is 1.95. The van der Waals surface area contributed by atoms with E-state index >= 15 is 0 Å². The molecule has 1 aromatic heterocycles. The van der Waals surface area contributed by atoms with Gasteiger partial charge in [0, 0.05) is 35.5 Å². The summed E-state index contributed by atoms with van der Waals surface area (Å²) in [6.45, 7) is 7.12. The highest BCUT2D eigenvalue weighted by molar-refractivity contribution is 6.35. The summed E-state index contributed by atoms with van der Waals surface area (Å²) in [5.74, 6) is 0.671. The second-order valence-corrected chi connectivity index (χ2v) is 6.30. The molecule has 0 bridgehead atoms. The highest BCUT2D eigenvalue weighted by Gasteiger charge is 2.03. The maximum absolute atomic E-state index is 6.19. The molecule has 0 radical (unpaired) electrons. The normalized spacial score (nSPS) is 11.2. The molecule has 0 amide bonds. The molecule has 0 aliphatic heterocycles. The maximum atomic E-state index is 6.19. The molecule has 1 aromatic carbocycles. The van der Waals surface area contributed by atoms with E-state index in [0.29, 0.717) is 16.0 Å². The van der Waals surface area contributed by atoms with E-state index in [2.05, 4.69) is 42.2 Å². The van der Waals surface area contributed by atoms with Crippen LogP contribution in [0.1, 0.15) is 25.0 Å². The smallest absolute Gasteiger partial charge is 0.0485 e. The number of nitrogens with zero attached hydrogens (tertiary/aromatic N) is 1.